The van der Waals surface area contributed by atoms with Crippen molar-refractivity contribution < 1.29 is 28.5 Å². The molecule has 2 unspecified atom stereocenters. The zero-order chi connectivity index (χ0) is 31.3. The summed E-state index contributed by atoms with van der Waals surface area (Å²) in [5.41, 5.74) is 3.84. The van der Waals surface area contributed by atoms with E-state index in [2.05, 4.69) is 27.4 Å². The number of fused-ring (bicyclic) bond motifs is 2. The number of aromatic nitrogens is 3. The molecule has 4 aromatic rings. The zero-order valence-corrected chi connectivity index (χ0v) is 26.7. The Morgan fingerprint density at radius 2 is 1.93 bits per heavy atom. The predicted octanol–water partition coefficient (Wildman–Crippen LogP) is 6.25. The largest absolute Gasteiger partial charge is 0.494 e. The third-order valence-electron chi connectivity index (χ3n) is 9.36. The molecule has 0 aliphatic carbocycles. The number of methoxy groups -OCH3 is 2. The molecule has 2 fully saturated rings. The molecule has 2 saturated heterocycles. The van der Waals surface area contributed by atoms with Gasteiger partial charge in [-0.1, -0.05) is 23.7 Å². The fourth-order valence-corrected chi connectivity index (χ4v) is 6.84. The molecule has 0 spiro atoms. The number of ether oxygens (including phenoxy) is 5. The minimum Gasteiger partial charge on any atom is -0.494 e. The van der Waals surface area contributed by atoms with E-state index in [1.165, 1.54) is 7.11 Å². The Bertz CT molecular complexity index is 1730. The van der Waals surface area contributed by atoms with E-state index < -0.39 is 11.8 Å². The van der Waals surface area contributed by atoms with Gasteiger partial charge in [0.05, 0.1) is 49.0 Å². The van der Waals surface area contributed by atoms with Crippen LogP contribution in [0.4, 0.5) is 0 Å². The molecule has 3 aliphatic rings. The maximum absolute atomic E-state index is 12.5. The average Bonchev–Trinajstić information content (AvgIpc) is 3.59. The lowest BCUT2D eigenvalue weighted by atomic mass is 9.88. The number of hydrogen-bond acceptors (Lipinski definition) is 9. The lowest BCUT2D eigenvalue weighted by Gasteiger charge is -2.37. The number of carbonyl (C=O) groups excluding carboxylic acids is 1. The number of rotatable bonds is 8. The number of esters is 1. The van der Waals surface area contributed by atoms with E-state index in [0.717, 1.165) is 72.9 Å². The van der Waals surface area contributed by atoms with Crippen molar-refractivity contribution in [3.8, 4) is 17.2 Å². The Balaban J connectivity index is 1.13. The second-order valence-electron chi connectivity index (χ2n) is 12.1. The molecule has 0 saturated carbocycles. The molecule has 0 radical (unpaired) electrons. The molecule has 0 bridgehead atoms. The van der Waals surface area contributed by atoms with Crippen molar-refractivity contribution in [3.63, 3.8) is 0 Å². The second-order valence-corrected chi connectivity index (χ2v) is 12.5. The summed E-state index contributed by atoms with van der Waals surface area (Å²) in [5, 5.41) is 0.566. The quantitative estimate of drug-likeness (QED) is 0.209. The molecular weight excluding hydrogens is 596 g/mol. The normalized spacial score (nSPS) is 22.3. The number of nitrogens with zero attached hydrogens (tertiary/aromatic N) is 4. The number of likely N-dealkylation sites (tertiary alicyclic amines) is 1. The van der Waals surface area contributed by atoms with Crippen molar-refractivity contribution in [2.24, 2.45) is 0 Å². The van der Waals surface area contributed by atoms with Crippen molar-refractivity contribution in [2.45, 2.75) is 63.5 Å². The molecule has 2 aromatic carbocycles. The van der Waals surface area contributed by atoms with Crippen LogP contribution in [0.1, 0.15) is 72.5 Å². The van der Waals surface area contributed by atoms with Gasteiger partial charge in [0.2, 0.25) is 0 Å². The first kappa shape index (κ1) is 29.8. The summed E-state index contributed by atoms with van der Waals surface area (Å²) >= 11 is 6.07. The Kier molecular flexibility index (Phi) is 7.83. The summed E-state index contributed by atoms with van der Waals surface area (Å²) in [7, 11) is 2.98. The van der Waals surface area contributed by atoms with E-state index in [1.54, 1.807) is 25.4 Å². The highest BCUT2D eigenvalue weighted by atomic mass is 35.5. The van der Waals surface area contributed by atoms with Crippen LogP contribution in [0.25, 0.3) is 11.0 Å². The second kappa shape index (κ2) is 11.8. The molecule has 10 nitrogen and oxygen atoms in total. The summed E-state index contributed by atoms with van der Waals surface area (Å²) in [5.74, 6) is 1.89. The molecule has 3 atom stereocenters. The first-order valence-corrected chi connectivity index (χ1v) is 15.8. The zero-order valence-electron chi connectivity index (χ0n) is 25.9. The number of carbonyl (C=O) groups is 1. The van der Waals surface area contributed by atoms with Gasteiger partial charge in [-0.15, -0.1) is 0 Å². The maximum Gasteiger partial charge on any atom is 0.338 e. The number of pyridine rings is 1. The first-order chi connectivity index (χ1) is 21.8. The number of piperidine rings is 1. The van der Waals surface area contributed by atoms with E-state index in [0.29, 0.717) is 34.5 Å². The molecule has 3 aliphatic heterocycles. The molecule has 0 amide bonds. The average molecular weight is 633 g/mol. The lowest BCUT2D eigenvalue weighted by Crippen LogP contribution is -2.37. The lowest BCUT2D eigenvalue weighted by molar-refractivity contribution is -0.0722. The van der Waals surface area contributed by atoms with E-state index >= 15 is 0 Å². The van der Waals surface area contributed by atoms with Gasteiger partial charge in [0.25, 0.3) is 5.79 Å². The van der Waals surface area contributed by atoms with E-state index in [4.69, 9.17) is 40.3 Å². The van der Waals surface area contributed by atoms with Crippen LogP contribution in [0.5, 0.6) is 17.2 Å². The topological polar surface area (TPSA) is 97.2 Å². The molecule has 236 valence electrons. The van der Waals surface area contributed by atoms with Crippen molar-refractivity contribution in [1.29, 1.82) is 0 Å². The van der Waals surface area contributed by atoms with Gasteiger partial charge in [0.1, 0.15) is 22.8 Å². The highest BCUT2D eigenvalue weighted by molar-refractivity contribution is 6.30. The molecule has 0 N–H and O–H groups in total. The monoisotopic (exact) mass is 632 g/mol. The van der Waals surface area contributed by atoms with Crippen LogP contribution in [-0.2, 0) is 21.8 Å². The summed E-state index contributed by atoms with van der Waals surface area (Å²) in [6.07, 6.45) is 4.64. The van der Waals surface area contributed by atoms with Gasteiger partial charge in [0, 0.05) is 25.3 Å². The van der Waals surface area contributed by atoms with Gasteiger partial charge in [-0.05, 0) is 75.5 Å². The molecular formula is C34H37ClN4O6. The van der Waals surface area contributed by atoms with Gasteiger partial charge >= 0.3 is 5.97 Å². The maximum atomic E-state index is 12.5. The Morgan fingerprint density at radius 3 is 2.60 bits per heavy atom. The van der Waals surface area contributed by atoms with Gasteiger partial charge < -0.3 is 28.3 Å². The molecule has 5 heterocycles. The summed E-state index contributed by atoms with van der Waals surface area (Å²) < 4.78 is 31.5. The SMILES string of the molecule is COC(=O)c1cc(OC)c2nc(C(C)N3CCC(c4cccc5c4OC(C)(c4ccc(Cl)cn4)O5)CC3)n(C[C@@H]3CCO3)c2c1. The number of para-hydroxylation sites is 1. The third kappa shape index (κ3) is 5.38. The van der Waals surface area contributed by atoms with Gasteiger partial charge in [-0.25, -0.2) is 9.78 Å². The van der Waals surface area contributed by atoms with Crippen molar-refractivity contribution in [3.05, 3.63) is 76.3 Å². The summed E-state index contributed by atoms with van der Waals surface area (Å²) in [4.78, 5) is 24.5. The van der Waals surface area contributed by atoms with Gasteiger partial charge in [0.15, 0.2) is 11.5 Å². The highest BCUT2D eigenvalue weighted by Crippen LogP contribution is 2.49. The van der Waals surface area contributed by atoms with Crippen LogP contribution in [0.3, 0.4) is 0 Å². The standard InChI is InChI=1S/C34H37ClN4O6/c1-20(32-37-30-26(39(32)19-24-12-15-43-24)16-22(33(40)42-4)17-28(30)41-3)38-13-10-21(11-14-38)25-6-5-7-27-31(25)45-34(2,44-27)29-9-8-23(35)18-36-29/h5-9,16-18,20-21,24H,10-15,19H2,1-4H3/t20?,24-,34?/m0/s1. The smallest absolute Gasteiger partial charge is 0.338 e. The number of benzene rings is 2. The van der Waals surface area contributed by atoms with Crippen LogP contribution in [0.2, 0.25) is 5.02 Å². The predicted molar refractivity (Wildman–Crippen MR) is 168 cm³/mol. The Morgan fingerprint density at radius 1 is 1.13 bits per heavy atom. The minimum atomic E-state index is -1.02. The Hall–Kier alpha value is -3.86. The van der Waals surface area contributed by atoms with Crippen LogP contribution in [0, 0.1) is 0 Å². The van der Waals surface area contributed by atoms with Gasteiger partial charge in [-0.2, -0.15) is 0 Å². The molecule has 7 rings (SSSR count). The third-order valence-corrected chi connectivity index (χ3v) is 9.59. The summed E-state index contributed by atoms with van der Waals surface area (Å²) in [6.45, 7) is 7.30. The number of hydrogen-bond donors (Lipinski definition) is 0. The van der Waals surface area contributed by atoms with Crippen LogP contribution < -0.4 is 14.2 Å². The number of halogens is 1. The first-order valence-electron chi connectivity index (χ1n) is 15.4. The van der Waals surface area contributed by atoms with Gasteiger partial charge in [-0.3, -0.25) is 9.88 Å². The molecule has 45 heavy (non-hydrogen) atoms. The molecule has 11 heteroatoms. The number of imidazole rings is 1. The van der Waals surface area contributed by atoms with Crippen molar-refractivity contribution >= 4 is 28.6 Å². The van der Waals surface area contributed by atoms with E-state index in [9.17, 15) is 4.79 Å². The van der Waals surface area contributed by atoms with Crippen molar-refractivity contribution in [2.75, 3.05) is 33.9 Å². The van der Waals surface area contributed by atoms with Crippen LogP contribution in [-0.4, -0.2) is 65.4 Å². The van der Waals surface area contributed by atoms with E-state index in [-0.39, 0.29) is 12.1 Å². The summed E-state index contributed by atoms with van der Waals surface area (Å²) in [6, 6.07) is 13.4. The fourth-order valence-electron chi connectivity index (χ4n) is 6.72. The van der Waals surface area contributed by atoms with E-state index in [1.807, 2.05) is 31.2 Å². The van der Waals surface area contributed by atoms with Crippen molar-refractivity contribution in [1.82, 2.24) is 19.4 Å². The minimum absolute atomic E-state index is 0.0325. The fraction of sp³-hybridized carbons (Fsp3) is 0.441. The van der Waals surface area contributed by atoms with Crippen LogP contribution >= 0.6 is 11.6 Å². The molecule has 2 aromatic heterocycles. The van der Waals surface area contributed by atoms with Crippen LogP contribution in [0.15, 0.2) is 48.7 Å². The Labute approximate surface area is 267 Å². The highest BCUT2D eigenvalue weighted by Gasteiger charge is 2.42.